The number of aliphatic carboxylic acids is 1. The molecule has 0 radical (unpaired) electrons. The van der Waals surface area contributed by atoms with Crippen LogP contribution >= 0.6 is 0 Å². The van der Waals surface area contributed by atoms with Crippen molar-refractivity contribution in [2.75, 3.05) is 13.2 Å². The van der Waals surface area contributed by atoms with Crippen molar-refractivity contribution >= 4 is 17.0 Å². The van der Waals surface area contributed by atoms with Gasteiger partial charge in [-0.05, 0) is 6.92 Å². The Labute approximate surface area is 115 Å². The number of hydrogen-bond acceptors (Lipinski definition) is 4. The SMILES string of the molecule is Cc1nc2cc3c(cc2n1CCC(=O)O)OCCCO3. The van der Waals surface area contributed by atoms with Crippen LogP contribution in [0.1, 0.15) is 18.7 Å². The monoisotopic (exact) mass is 276 g/mol. The highest BCUT2D eigenvalue weighted by molar-refractivity contribution is 5.81. The van der Waals surface area contributed by atoms with Crippen molar-refractivity contribution < 1.29 is 19.4 Å². The third-order valence-corrected chi connectivity index (χ3v) is 3.36. The number of benzene rings is 1. The fourth-order valence-electron chi connectivity index (χ4n) is 2.39. The topological polar surface area (TPSA) is 73.6 Å². The van der Waals surface area contributed by atoms with Gasteiger partial charge in [-0.2, -0.15) is 0 Å². The summed E-state index contributed by atoms with van der Waals surface area (Å²) in [5.41, 5.74) is 1.69. The third kappa shape index (κ3) is 2.29. The number of carboxylic acid groups (broad SMARTS) is 1. The van der Waals surface area contributed by atoms with Crippen LogP contribution in [0, 0.1) is 6.92 Å². The second-order valence-corrected chi connectivity index (χ2v) is 4.79. The lowest BCUT2D eigenvalue weighted by atomic mass is 10.2. The van der Waals surface area contributed by atoms with Gasteiger partial charge >= 0.3 is 5.97 Å². The van der Waals surface area contributed by atoms with Gasteiger partial charge in [0.15, 0.2) is 11.5 Å². The van der Waals surface area contributed by atoms with Gasteiger partial charge in [-0.1, -0.05) is 0 Å². The summed E-state index contributed by atoms with van der Waals surface area (Å²) in [5, 5.41) is 8.83. The van der Waals surface area contributed by atoms with Crippen molar-refractivity contribution in [3.63, 3.8) is 0 Å². The second kappa shape index (κ2) is 5.03. The first-order chi connectivity index (χ1) is 9.65. The van der Waals surface area contributed by atoms with E-state index in [1.165, 1.54) is 0 Å². The first-order valence-corrected chi connectivity index (χ1v) is 6.63. The van der Waals surface area contributed by atoms with E-state index in [1.807, 2.05) is 23.6 Å². The smallest absolute Gasteiger partial charge is 0.305 e. The highest BCUT2D eigenvalue weighted by Crippen LogP contribution is 2.34. The molecular formula is C14H16N2O4. The van der Waals surface area contributed by atoms with E-state index in [1.54, 1.807) is 0 Å². The van der Waals surface area contributed by atoms with E-state index in [-0.39, 0.29) is 6.42 Å². The first-order valence-electron chi connectivity index (χ1n) is 6.63. The molecule has 2 aromatic rings. The molecule has 6 heteroatoms. The predicted molar refractivity (Wildman–Crippen MR) is 72.3 cm³/mol. The van der Waals surface area contributed by atoms with Gasteiger partial charge in [0.05, 0.1) is 30.7 Å². The fourth-order valence-corrected chi connectivity index (χ4v) is 2.39. The van der Waals surface area contributed by atoms with E-state index in [4.69, 9.17) is 14.6 Å². The first kappa shape index (κ1) is 12.8. The number of aryl methyl sites for hydroxylation is 2. The maximum absolute atomic E-state index is 10.7. The lowest BCUT2D eigenvalue weighted by Crippen LogP contribution is -2.06. The zero-order chi connectivity index (χ0) is 14.1. The van der Waals surface area contributed by atoms with Gasteiger partial charge in [-0.15, -0.1) is 0 Å². The van der Waals surface area contributed by atoms with Crippen molar-refractivity contribution in [3.8, 4) is 11.5 Å². The van der Waals surface area contributed by atoms with Crippen molar-refractivity contribution in [1.29, 1.82) is 0 Å². The standard InChI is InChI=1S/C14H16N2O4/c1-9-15-10-7-12-13(20-6-2-5-19-12)8-11(10)16(9)4-3-14(17)18/h7-8H,2-6H2,1H3,(H,17,18). The number of imidazole rings is 1. The van der Waals surface area contributed by atoms with Crippen LogP contribution in [0.15, 0.2) is 12.1 Å². The molecule has 0 bridgehead atoms. The van der Waals surface area contributed by atoms with E-state index in [0.29, 0.717) is 31.3 Å². The van der Waals surface area contributed by atoms with Gasteiger partial charge < -0.3 is 19.1 Å². The number of carbonyl (C=O) groups is 1. The molecule has 0 unspecified atom stereocenters. The Morgan fingerprint density at radius 1 is 1.35 bits per heavy atom. The second-order valence-electron chi connectivity index (χ2n) is 4.79. The van der Waals surface area contributed by atoms with Crippen LogP contribution in [0.3, 0.4) is 0 Å². The van der Waals surface area contributed by atoms with Crippen molar-refractivity contribution in [3.05, 3.63) is 18.0 Å². The number of carboxylic acids is 1. The molecule has 1 aromatic carbocycles. The van der Waals surface area contributed by atoms with Crippen molar-refractivity contribution in [1.82, 2.24) is 9.55 Å². The van der Waals surface area contributed by atoms with Crippen molar-refractivity contribution in [2.45, 2.75) is 26.3 Å². The molecule has 20 heavy (non-hydrogen) atoms. The van der Waals surface area contributed by atoms with Crippen LogP contribution in [0.25, 0.3) is 11.0 Å². The number of rotatable bonds is 3. The zero-order valence-corrected chi connectivity index (χ0v) is 11.3. The van der Waals surface area contributed by atoms with E-state index >= 15 is 0 Å². The molecule has 0 spiro atoms. The normalized spacial score (nSPS) is 14.2. The number of ether oxygens (including phenoxy) is 2. The molecule has 106 valence electrons. The molecule has 0 aliphatic carbocycles. The Morgan fingerprint density at radius 2 is 2.05 bits per heavy atom. The molecule has 1 N–H and O–H groups in total. The summed E-state index contributed by atoms with van der Waals surface area (Å²) >= 11 is 0. The molecule has 1 aromatic heterocycles. The fraction of sp³-hybridized carbons (Fsp3) is 0.429. The third-order valence-electron chi connectivity index (χ3n) is 3.36. The molecule has 0 amide bonds. The van der Waals surface area contributed by atoms with Crippen LogP contribution in [0.2, 0.25) is 0 Å². The summed E-state index contributed by atoms with van der Waals surface area (Å²) in [6, 6.07) is 3.75. The quantitative estimate of drug-likeness (QED) is 0.928. The minimum atomic E-state index is -0.819. The largest absolute Gasteiger partial charge is 0.489 e. The predicted octanol–water partition coefficient (Wildman–Crippen LogP) is 1.98. The molecule has 1 aliphatic heterocycles. The Bertz CT molecular complexity index is 663. The number of nitrogens with zero attached hydrogens (tertiary/aromatic N) is 2. The molecular weight excluding hydrogens is 260 g/mol. The average Bonchev–Trinajstić information content (AvgIpc) is 2.58. The van der Waals surface area contributed by atoms with Gasteiger partial charge in [0, 0.05) is 25.1 Å². The molecule has 0 fully saturated rings. The minimum absolute atomic E-state index is 0.0702. The summed E-state index contributed by atoms with van der Waals surface area (Å²) in [6.07, 6.45) is 0.922. The van der Waals surface area contributed by atoms with Gasteiger partial charge in [0.1, 0.15) is 5.82 Å². The molecule has 0 saturated heterocycles. The molecule has 2 heterocycles. The maximum Gasteiger partial charge on any atom is 0.305 e. The van der Waals surface area contributed by atoms with E-state index in [9.17, 15) is 4.79 Å². The number of aromatic nitrogens is 2. The summed E-state index contributed by atoms with van der Waals surface area (Å²) in [6.45, 7) is 3.53. The Balaban J connectivity index is 2.05. The van der Waals surface area contributed by atoms with Crippen LogP contribution in [0.4, 0.5) is 0 Å². The molecule has 6 nitrogen and oxygen atoms in total. The lowest BCUT2D eigenvalue weighted by Gasteiger charge is -2.09. The maximum atomic E-state index is 10.7. The van der Waals surface area contributed by atoms with E-state index < -0.39 is 5.97 Å². The van der Waals surface area contributed by atoms with Gasteiger partial charge in [-0.25, -0.2) is 4.98 Å². The summed E-state index contributed by atoms with van der Waals surface area (Å²) in [7, 11) is 0. The highest BCUT2D eigenvalue weighted by atomic mass is 16.5. The van der Waals surface area contributed by atoms with Gasteiger partial charge in [0.25, 0.3) is 0 Å². The van der Waals surface area contributed by atoms with Gasteiger partial charge in [0.2, 0.25) is 0 Å². The summed E-state index contributed by atoms with van der Waals surface area (Å²) < 4.78 is 13.2. The van der Waals surface area contributed by atoms with Crippen LogP contribution in [-0.2, 0) is 11.3 Å². The van der Waals surface area contributed by atoms with E-state index in [0.717, 1.165) is 23.3 Å². The number of fused-ring (bicyclic) bond motifs is 2. The lowest BCUT2D eigenvalue weighted by molar-refractivity contribution is -0.137. The highest BCUT2D eigenvalue weighted by Gasteiger charge is 2.16. The average molecular weight is 276 g/mol. The zero-order valence-electron chi connectivity index (χ0n) is 11.3. The minimum Gasteiger partial charge on any atom is -0.489 e. The van der Waals surface area contributed by atoms with E-state index in [2.05, 4.69) is 4.98 Å². The Morgan fingerprint density at radius 3 is 2.75 bits per heavy atom. The molecule has 3 rings (SSSR count). The van der Waals surface area contributed by atoms with Gasteiger partial charge in [-0.3, -0.25) is 4.79 Å². The number of hydrogen-bond donors (Lipinski definition) is 1. The Kier molecular flexibility index (Phi) is 3.22. The van der Waals surface area contributed by atoms with Crippen molar-refractivity contribution in [2.24, 2.45) is 0 Å². The molecule has 0 atom stereocenters. The summed E-state index contributed by atoms with van der Waals surface area (Å²) in [5.74, 6) is 1.38. The summed E-state index contributed by atoms with van der Waals surface area (Å²) in [4.78, 5) is 15.2. The molecule has 1 aliphatic rings. The molecule has 0 saturated carbocycles. The van der Waals surface area contributed by atoms with Crippen LogP contribution < -0.4 is 9.47 Å². The van der Waals surface area contributed by atoms with Crippen LogP contribution in [-0.4, -0.2) is 33.8 Å². The van der Waals surface area contributed by atoms with Crippen LogP contribution in [0.5, 0.6) is 11.5 Å². The Hall–Kier alpha value is -2.24.